The minimum absolute atomic E-state index is 0.0888. The van der Waals surface area contributed by atoms with Gasteiger partial charge in [-0.1, -0.05) is 0 Å². The molecule has 2 aromatic rings. The van der Waals surface area contributed by atoms with Gasteiger partial charge in [-0.25, -0.2) is 4.52 Å². The lowest BCUT2D eigenvalue weighted by atomic mass is 10.0. The van der Waals surface area contributed by atoms with Gasteiger partial charge in [0.2, 0.25) is 0 Å². The van der Waals surface area contributed by atoms with E-state index in [0.717, 1.165) is 36.9 Å². The Labute approximate surface area is 111 Å². The highest BCUT2D eigenvalue weighted by Crippen LogP contribution is 2.25. The lowest BCUT2D eigenvalue weighted by Gasteiger charge is -2.17. The summed E-state index contributed by atoms with van der Waals surface area (Å²) in [5.74, 6) is 5.69. The van der Waals surface area contributed by atoms with Crippen LogP contribution in [0.2, 0.25) is 0 Å². The molecule has 3 heterocycles. The molecular formula is C13H19N5O. The summed E-state index contributed by atoms with van der Waals surface area (Å²) in [5.41, 5.74) is 4.97. The van der Waals surface area contributed by atoms with E-state index in [1.54, 1.807) is 6.20 Å². The minimum Gasteiger partial charge on any atom is -0.378 e. The van der Waals surface area contributed by atoms with Crippen LogP contribution < -0.4 is 11.3 Å². The molecule has 1 saturated heterocycles. The summed E-state index contributed by atoms with van der Waals surface area (Å²) in [6, 6.07) is 0.0888. The van der Waals surface area contributed by atoms with Gasteiger partial charge >= 0.3 is 0 Å². The number of aromatic nitrogens is 3. The zero-order valence-electron chi connectivity index (χ0n) is 10.8. The number of fused-ring (bicyclic) bond motifs is 1. The molecule has 0 spiro atoms. The zero-order chi connectivity index (χ0) is 13.1. The molecular weight excluding hydrogens is 242 g/mol. The van der Waals surface area contributed by atoms with Gasteiger partial charge in [0, 0.05) is 30.6 Å². The Morgan fingerprint density at radius 3 is 3.26 bits per heavy atom. The number of nitrogens with zero attached hydrogens (tertiary/aromatic N) is 3. The second kappa shape index (κ2) is 5.64. The fourth-order valence-corrected chi connectivity index (χ4v) is 2.67. The van der Waals surface area contributed by atoms with Gasteiger partial charge in [0.15, 0.2) is 0 Å². The van der Waals surface area contributed by atoms with Gasteiger partial charge < -0.3 is 4.74 Å². The number of nitrogens with one attached hydrogen (secondary N) is 1. The molecule has 0 radical (unpaired) electrons. The fourth-order valence-electron chi connectivity index (χ4n) is 2.67. The van der Waals surface area contributed by atoms with Crippen LogP contribution >= 0.6 is 0 Å². The largest absolute Gasteiger partial charge is 0.378 e. The van der Waals surface area contributed by atoms with Gasteiger partial charge in [0.1, 0.15) is 0 Å². The maximum absolute atomic E-state index is 5.69. The van der Waals surface area contributed by atoms with Crippen molar-refractivity contribution in [3.8, 4) is 0 Å². The second-order valence-corrected chi connectivity index (χ2v) is 4.94. The molecule has 0 aliphatic carbocycles. The molecule has 0 bridgehead atoms. The van der Waals surface area contributed by atoms with Crippen molar-refractivity contribution in [2.24, 2.45) is 5.84 Å². The smallest absolute Gasteiger partial charge is 0.0893 e. The summed E-state index contributed by atoms with van der Waals surface area (Å²) >= 11 is 0. The van der Waals surface area contributed by atoms with E-state index in [4.69, 9.17) is 10.6 Å². The van der Waals surface area contributed by atoms with Gasteiger partial charge in [-0.05, 0) is 25.7 Å². The predicted molar refractivity (Wildman–Crippen MR) is 71.3 cm³/mol. The quantitative estimate of drug-likeness (QED) is 0.624. The first-order chi connectivity index (χ1) is 9.38. The topological polar surface area (TPSA) is 77.5 Å². The third-order valence-corrected chi connectivity index (χ3v) is 3.73. The first-order valence-electron chi connectivity index (χ1n) is 6.73. The first kappa shape index (κ1) is 12.5. The molecule has 2 aromatic heterocycles. The van der Waals surface area contributed by atoms with Gasteiger partial charge in [-0.2, -0.15) is 5.10 Å². The Balaban J connectivity index is 1.73. The Morgan fingerprint density at radius 2 is 2.47 bits per heavy atom. The van der Waals surface area contributed by atoms with Crippen LogP contribution in [0.15, 0.2) is 24.8 Å². The number of hydrogen-bond acceptors (Lipinski definition) is 5. The number of ether oxygens (including phenoxy) is 1. The average Bonchev–Trinajstić information content (AvgIpc) is 3.09. The van der Waals surface area contributed by atoms with Gasteiger partial charge in [-0.15, -0.1) is 0 Å². The molecule has 3 rings (SSSR count). The summed E-state index contributed by atoms with van der Waals surface area (Å²) in [4.78, 5) is 4.15. The molecule has 19 heavy (non-hydrogen) atoms. The van der Waals surface area contributed by atoms with Crippen molar-refractivity contribution >= 4 is 5.52 Å². The van der Waals surface area contributed by atoms with E-state index in [9.17, 15) is 0 Å². The Kier molecular flexibility index (Phi) is 3.72. The Morgan fingerprint density at radius 1 is 1.53 bits per heavy atom. The molecule has 0 amide bonds. The monoisotopic (exact) mass is 261 g/mol. The highest BCUT2D eigenvalue weighted by molar-refractivity contribution is 5.53. The maximum atomic E-state index is 5.69. The standard InChI is InChI=1S/C13H19N5O/c14-17-12(4-3-10-2-1-7-19-10)11-8-16-18-6-5-15-9-13(11)18/h5-6,8-10,12,17H,1-4,7,14H2. The van der Waals surface area contributed by atoms with Crippen molar-refractivity contribution in [2.75, 3.05) is 6.61 Å². The number of nitrogens with two attached hydrogens (primary N) is 1. The average molecular weight is 261 g/mol. The summed E-state index contributed by atoms with van der Waals surface area (Å²) in [6.07, 6.45) is 11.9. The number of rotatable bonds is 5. The van der Waals surface area contributed by atoms with Crippen LogP contribution in [0.25, 0.3) is 5.52 Å². The molecule has 6 nitrogen and oxygen atoms in total. The van der Waals surface area contributed by atoms with Crippen LogP contribution in [0.1, 0.15) is 37.3 Å². The second-order valence-electron chi connectivity index (χ2n) is 4.94. The molecule has 1 aliphatic heterocycles. The molecule has 1 aliphatic rings. The van der Waals surface area contributed by atoms with E-state index in [1.165, 1.54) is 6.42 Å². The normalized spacial score (nSPS) is 21.0. The Hall–Kier alpha value is -1.50. The minimum atomic E-state index is 0.0888. The molecule has 0 aromatic carbocycles. The molecule has 2 atom stereocenters. The third-order valence-electron chi connectivity index (χ3n) is 3.73. The van der Waals surface area contributed by atoms with Crippen LogP contribution in [0.3, 0.4) is 0 Å². The predicted octanol–water partition coefficient (Wildman–Crippen LogP) is 1.19. The lowest BCUT2D eigenvalue weighted by Crippen LogP contribution is -2.28. The summed E-state index contributed by atoms with van der Waals surface area (Å²) in [5, 5.41) is 4.32. The van der Waals surface area contributed by atoms with E-state index < -0.39 is 0 Å². The molecule has 2 unspecified atom stereocenters. The summed E-state index contributed by atoms with van der Waals surface area (Å²) < 4.78 is 7.47. The SMILES string of the molecule is NNC(CCC1CCCO1)c1cnn2ccncc12. The van der Waals surface area contributed by atoms with Crippen molar-refractivity contribution in [1.29, 1.82) is 0 Å². The first-order valence-corrected chi connectivity index (χ1v) is 6.73. The Bertz CT molecular complexity index is 535. The van der Waals surface area contributed by atoms with Crippen LogP contribution in [0.5, 0.6) is 0 Å². The van der Waals surface area contributed by atoms with E-state index >= 15 is 0 Å². The fraction of sp³-hybridized carbons (Fsp3) is 0.538. The molecule has 6 heteroatoms. The highest BCUT2D eigenvalue weighted by atomic mass is 16.5. The third kappa shape index (κ3) is 2.60. The molecule has 102 valence electrons. The van der Waals surface area contributed by atoms with Gasteiger partial charge in [0.25, 0.3) is 0 Å². The van der Waals surface area contributed by atoms with Gasteiger partial charge in [0.05, 0.1) is 24.0 Å². The van der Waals surface area contributed by atoms with Crippen LogP contribution in [0.4, 0.5) is 0 Å². The van der Waals surface area contributed by atoms with E-state index in [1.807, 2.05) is 23.1 Å². The van der Waals surface area contributed by atoms with E-state index in [0.29, 0.717) is 6.10 Å². The van der Waals surface area contributed by atoms with Crippen molar-refractivity contribution < 1.29 is 4.74 Å². The van der Waals surface area contributed by atoms with Crippen molar-refractivity contribution in [3.05, 3.63) is 30.4 Å². The van der Waals surface area contributed by atoms with Crippen LogP contribution in [0, 0.1) is 0 Å². The van der Waals surface area contributed by atoms with Crippen molar-refractivity contribution in [2.45, 2.75) is 37.8 Å². The lowest BCUT2D eigenvalue weighted by molar-refractivity contribution is 0.0996. The summed E-state index contributed by atoms with van der Waals surface area (Å²) in [7, 11) is 0. The highest BCUT2D eigenvalue weighted by Gasteiger charge is 2.20. The molecule has 3 N–H and O–H groups in total. The number of hydrazine groups is 1. The van der Waals surface area contributed by atoms with Crippen molar-refractivity contribution in [3.63, 3.8) is 0 Å². The zero-order valence-corrected chi connectivity index (χ0v) is 10.8. The summed E-state index contributed by atoms with van der Waals surface area (Å²) in [6.45, 7) is 0.895. The van der Waals surface area contributed by atoms with E-state index in [2.05, 4.69) is 15.5 Å². The van der Waals surface area contributed by atoms with Crippen molar-refractivity contribution in [1.82, 2.24) is 20.0 Å². The van der Waals surface area contributed by atoms with Gasteiger partial charge in [-0.3, -0.25) is 16.3 Å². The maximum Gasteiger partial charge on any atom is 0.0893 e. The van der Waals surface area contributed by atoms with Crippen LogP contribution in [-0.2, 0) is 4.74 Å². The molecule has 0 saturated carbocycles. The van der Waals surface area contributed by atoms with E-state index in [-0.39, 0.29) is 6.04 Å². The number of hydrogen-bond donors (Lipinski definition) is 2. The van der Waals surface area contributed by atoms with Crippen LogP contribution in [-0.4, -0.2) is 27.3 Å². The molecule has 1 fully saturated rings.